The number of benzene rings is 1. The van der Waals surface area contributed by atoms with E-state index in [-0.39, 0.29) is 49.1 Å². The Balaban J connectivity index is 1.07. The number of unbranched alkanes of at least 4 members (excludes halogenated alkanes) is 3. The summed E-state index contributed by atoms with van der Waals surface area (Å²) in [5, 5.41) is 11.0. The Morgan fingerprint density at radius 3 is 2.40 bits per heavy atom. The van der Waals surface area contributed by atoms with Gasteiger partial charge in [0.05, 0.1) is 12.1 Å². The Morgan fingerprint density at radius 2 is 1.68 bits per heavy atom. The summed E-state index contributed by atoms with van der Waals surface area (Å²) in [6.07, 6.45) is 11.8. The molecule has 0 bridgehead atoms. The van der Waals surface area contributed by atoms with E-state index in [1.165, 1.54) is 0 Å². The van der Waals surface area contributed by atoms with Crippen molar-refractivity contribution in [2.45, 2.75) is 127 Å². The molecule has 3 aliphatic rings. The normalized spacial score (nSPS) is 24.1. The second kappa shape index (κ2) is 19.8. The summed E-state index contributed by atoms with van der Waals surface area (Å²) < 4.78 is 61.8. The zero-order valence-electron chi connectivity index (χ0n) is 29.7. The Kier molecular flexibility index (Phi) is 15.6. The number of allylic oxidation sites excluding steroid dienone is 1. The van der Waals surface area contributed by atoms with Crippen molar-refractivity contribution in [3.05, 3.63) is 51.4 Å². The number of halogens is 4. The molecule has 1 aliphatic carbocycles. The summed E-state index contributed by atoms with van der Waals surface area (Å²) in [5.41, 5.74) is 4.73. The zero-order valence-corrected chi connectivity index (χ0v) is 30.5. The van der Waals surface area contributed by atoms with Crippen molar-refractivity contribution in [2.24, 2.45) is 10.5 Å². The predicted molar refractivity (Wildman–Crippen MR) is 189 cm³/mol. The summed E-state index contributed by atoms with van der Waals surface area (Å²) in [6.45, 7) is 1.69. The number of hydrogen-bond acceptors (Lipinski definition) is 8. The molecule has 12 nitrogen and oxygen atoms in total. The Bertz CT molecular complexity index is 1600. The number of fused-ring (bicyclic) bond motifs is 1. The van der Waals surface area contributed by atoms with Gasteiger partial charge in [-0.15, -0.1) is 0 Å². The molecular weight excluding hydrogens is 720 g/mol. The fourth-order valence-corrected chi connectivity index (χ4v) is 8.49. The third-order valence-corrected chi connectivity index (χ3v) is 11.5. The lowest BCUT2D eigenvalue weighted by molar-refractivity contribution is -0.147. The predicted octanol–water partition coefficient (Wildman–Crippen LogP) is 7.56. The highest BCUT2D eigenvalue weighted by Gasteiger charge is 2.42. The maximum atomic E-state index is 14.2. The standard InChI is InChI=1S/C36H46F4N6O6S/c1-36(25(48)15-4-2-3-10-21(47)11-5-6-14-24-32-23(20-53-24)43-35(51)44-32)17-7-12-22(13-8-18-36)52-26(49)16-9-19-42-34(50)27-28(37)30(39)33(45-46-41)31(40)29(27)38/h7,12,22-24,32H,2-6,8-11,13-20H2,1H3,(H,42,50)(H2,43,44,51)/b12-7+. The number of ether oxygens (including phenoxy) is 1. The molecule has 2 aliphatic heterocycles. The molecule has 290 valence electrons. The van der Waals surface area contributed by atoms with E-state index in [4.69, 9.17) is 10.3 Å². The minimum Gasteiger partial charge on any atom is -0.458 e. The van der Waals surface area contributed by atoms with Gasteiger partial charge in [0.25, 0.3) is 5.91 Å². The summed E-state index contributed by atoms with van der Waals surface area (Å²) >= 11 is 1.88. The van der Waals surface area contributed by atoms with Crippen LogP contribution in [0.5, 0.6) is 0 Å². The van der Waals surface area contributed by atoms with E-state index in [0.717, 1.165) is 37.9 Å². The van der Waals surface area contributed by atoms with Crippen LogP contribution in [-0.4, -0.2) is 65.2 Å². The first kappa shape index (κ1) is 41.6. The maximum Gasteiger partial charge on any atom is 0.315 e. The number of hydrogen-bond donors (Lipinski definition) is 3. The number of urea groups is 1. The van der Waals surface area contributed by atoms with E-state index in [2.05, 4.69) is 26.0 Å². The zero-order chi connectivity index (χ0) is 38.5. The van der Waals surface area contributed by atoms with Crippen molar-refractivity contribution < 1.29 is 46.3 Å². The third kappa shape index (κ3) is 11.4. The molecule has 0 aromatic heterocycles. The number of Topliss-reactive ketones (excluding diaryl/α,β-unsaturated/α-hetero) is 2. The van der Waals surface area contributed by atoms with Crippen molar-refractivity contribution in [1.82, 2.24) is 16.0 Å². The number of carbonyl (C=O) groups excluding carboxylic acids is 5. The number of thioether (sulfide) groups is 1. The molecule has 17 heteroatoms. The van der Waals surface area contributed by atoms with Crippen molar-refractivity contribution in [3.8, 4) is 0 Å². The van der Waals surface area contributed by atoms with Crippen LogP contribution >= 0.6 is 11.8 Å². The molecule has 1 aromatic rings. The van der Waals surface area contributed by atoms with Gasteiger partial charge in [0.2, 0.25) is 0 Å². The Labute approximate surface area is 309 Å². The lowest BCUT2D eigenvalue weighted by atomic mass is 9.75. The molecule has 3 N–H and O–H groups in total. The quantitative estimate of drug-likeness (QED) is 0.0150. The summed E-state index contributed by atoms with van der Waals surface area (Å²) in [4.78, 5) is 63.8. The van der Waals surface area contributed by atoms with Gasteiger partial charge in [-0.25, -0.2) is 22.4 Å². The van der Waals surface area contributed by atoms with E-state index in [1.54, 1.807) is 6.08 Å². The lowest BCUT2D eigenvalue weighted by Gasteiger charge is -2.29. The van der Waals surface area contributed by atoms with Crippen molar-refractivity contribution >= 4 is 46.9 Å². The molecule has 2 fully saturated rings. The lowest BCUT2D eigenvalue weighted by Crippen LogP contribution is -2.36. The van der Waals surface area contributed by atoms with Crippen LogP contribution in [0.3, 0.4) is 0 Å². The first-order valence-corrected chi connectivity index (χ1v) is 19.2. The number of nitrogens with one attached hydrogen (secondary N) is 3. The van der Waals surface area contributed by atoms with Crippen LogP contribution in [0.1, 0.15) is 114 Å². The topological polar surface area (TPSA) is 179 Å². The highest BCUT2D eigenvalue weighted by molar-refractivity contribution is 8.00. The second-order valence-electron chi connectivity index (χ2n) is 14.0. The van der Waals surface area contributed by atoms with Crippen LogP contribution in [0.2, 0.25) is 0 Å². The molecule has 5 unspecified atom stereocenters. The minimum absolute atomic E-state index is 0.00822. The number of carbonyl (C=O) groups is 5. The van der Waals surface area contributed by atoms with E-state index < -0.39 is 57.9 Å². The van der Waals surface area contributed by atoms with Crippen LogP contribution in [0.15, 0.2) is 17.3 Å². The van der Waals surface area contributed by atoms with Gasteiger partial charge in [-0.05, 0) is 69.4 Å². The van der Waals surface area contributed by atoms with Gasteiger partial charge in [-0.1, -0.05) is 31.0 Å². The second-order valence-corrected chi connectivity index (χ2v) is 15.3. The smallest absolute Gasteiger partial charge is 0.315 e. The maximum absolute atomic E-state index is 14.2. The monoisotopic (exact) mass is 766 g/mol. The van der Waals surface area contributed by atoms with Crippen molar-refractivity contribution in [2.75, 3.05) is 12.3 Å². The van der Waals surface area contributed by atoms with Gasteiger partial charge in [0.15, 0.2) is 23.3 Å². The molecule has 0 saturated carbocycles. The molecule has 1 aromatic carbocycles. The largest absolute Gasteiger partial charge is 0.458 e. The van der Waals surface area contributed by atoms with Crippen molar-refractivity contribution in [1.29, 1.82) is 0 Å². The Morgan fingerprint density at radius 1 is 0.981 bits per heavy atom. The Hall–Kier alpha value is -4.11. The minimum atomic E-state index is -2.02. The number of azide groups is 1. The summed E-state index contributed by atoms with van der Waals surface area (Å²) in [6, 6.07) is 0.307. The average molecular weight is 767 g/mol. The first-order valence-electron chi connectivity index (χ1n) is 18.1. The van der Waals surface area contributed by atoms with Crippen molar-refractivity contribution in [3.63, 3.8) is 0 Å². The fourth-order valence-electron chi connectivity index (χ4n) is 6.95. The molecule has 3 amide bonds. The van der Waals surface area contributed by atoms with Gasteiger partial charge >= 0.3 is 12.0 Å². The highest BCUT2D eigenvalue weighted by Crippen LogP contribution is 2.35. The number of esters is 1. The van der Waals surface area contributed by atoms with Crippen LogP contribution in [-0.2, 0) is 19.1 Å². The van der Waals surface area contributed by atoms with Gasteiger partial charge in [-0.2, -0.15) is 11.8 Å². The van der Waals surface area contributed by atoms with E-state index in [0.29, 0.717) is 56.6 Å². The molecule has 5 atom stereocenters. The summed E-state index contributed by atoms with van der Waals surface area (Å²) in [7, 11) is 0. The van der Waals surface area contributed by atoms with E-state index in [1.807, 2.05) is 24.8 Å². The van der Waals surface area contributed by atoms with E-state index >= 15 is 0 Å². The highest BCUT2D eigenvalue weighted by atomic mass is 32.2. The van der Waals surface area contributed by atoms with Gasteiger partial charge < -0.3 is 20.7 Å². The molecule has 4 rings (SSSR count). The molecule has 2 heterocycles. The first-order chi connectivity index (χ1) is 25.3. The number of amides is 3. The number of rotatable bonds is 19. The molecule has 0 spiro atoms. The number of nitrogens with zero attached hydrogens (tertiary/aromatic N) is 3. The van der Waals surface area contributed by atoms with Crippen LogP contribution < -0.4 is 16.0 Å². The molecule has 53 heavy (non-hydrogen) atoms. The van der Waals surface area contributed by atoms with Crippen LogP contribution in [0.25, 0.3) is 10.4 Å². The fraction of sp³-hybridized carbons (Fsp3) is 0.639. The average Bonchev–Trinajstić information content (AvgIpc) is 3.67. The van der Waals surface area contributed by atoms with Crippen LogP contribution in [0, 0.1) is 28.7 Å². The number of ketones is 2. The third-order valence-electron chi connectivity index (χ3n) is 10.0. The molecule has 2 saturated heterocycles. The summed E-state index contributed by atoms with van der Waals surface area (Å²) in [5.74, 6) is -8.75. The van der Waals surface area contributed by atoms with E-state index in [9.17, 15) is 41.5 Å². The van der Waals surface area contributed by atoms with Gasteiger partial charge in [-0.3, -0.25) is 19.2 Å². The van der Waals surface area contributed by atoms with Gasteiger partial charge in [0.1, 0.15) is 28.9 Å². The molecule has 0 radical (unpaired) electrons. The van der Waals surface area contributed by atoms with Crippen LogP contribution in [0.4, 0.5) is 28.0 Å². The molecular formula is C36H46F4N6O6S. The SMILES string of the molecule is CC1(C(=O)CCCCCC(=O)CCCCC2SCC3NC(=O)NC32)C/C=C/C(OC(=O)CCCNC(=O)c2c(F)c(F)c(N=[N+]=[N-])c(F)c2F)CCC1. The van der Waals surface area contributed by atoms with Gasteiger partial charge in [0, 0.05) is 53.6 Å².